The molecule has 1 atom stereocenters. The molecular formula is C44H56N8S2+4. The van der Waals surface area contributed by atoms with Gasteiger partial charge < -0.3 is 9.80 Å². The summed E-state index contributed by atoms with van der Waals surface area (Å²) in [6.45, 7) is 5.07. The Labute approximate surface area is 330 Å². The number of anilines is 2. The summed E-state index contributed by atoms with van der Waals surface area (Å²) in [5.74, 6) is 2.03. The van der Waals surface area contributed by atoms with Crippen LogP contribution in [0.3, 0.4) is 0 Å². The fraction of sp³-hybridized carbons (Fsp3) is 0.295. The molecule has 3 aromatic heterocycles. The number of aromatic nitrogens is 5. The molecule has 1 N–H and O–H groups in total. The van der Waals surface area contributed by atoms with Gasteiger partial charge in [0.2, 0.25) is 12.7 Å². The van der Waals surface area contributed by atoms with Crippen LogP contribution in [-0.2, 0) is 32.6 Å². The number of hydrogen-bond donors (Lipinski definition) is 1. The Balaban J connectivity index is 0.812. The second-order valence-corrected chi connectivity index (χ2v) is 16.6. The van der Waals surface area contributed by atoms with Crippen molar-refractivity contribution >= 4 is 51.2 Å². The summed E-state index contributed by atoms with van der Waals surface area (Å²) >= 11 is 0. The number of quaternary nitrogens is 1. The minimum Gasteiger partial charge on any atom is -0.374 e. The molecule has 0 amide bonds. The minimum atomic E-state index is 0.954. The lowest BCUT2D eigenvalue weighted by Gasteiger charge is -2.18. The fourth-order valence-corrected chi connectivity index (χ4v) is 8.19. The first kappa shape index (κ1) is 38.9. The Hall–Kier alpha value is -4.77. The molecule has 10 heteroatoms. The van der Waals surface area contributed by atoms with Crippen molar-refractivity contribution in [2.45, 2.75) is 38.4 Å². The zero-order chi connectivity index (χ0) is 37.5. The van der Waals surface area contributed by atoms with Gasteiger partial charge in [0.1, 0.15) is 43.9 Å². The number of nitrogens with one attached hydrogen (secondary N) is 1. The maximum Gasteiger partial charge on any atom is 0.244 e. The maximum atomic E-state index is 2.34. The summed E-state index contributed by atoms with van der Waals surface area (Å²) < 4.78 is 11.2. The monoisotopic (exact) mass is 760 g/mol. The molecule has 4 heterocycles. The van der Waals surface area contributed by atoms with Gasteiger partial charge in [-0.1, -0.05) is 53.3 Å². The maximum absolute atomic E-state index is 2.34. The first-order valence-electron chi connectivity index (χ1n) is 18.9. The Kier molecular flexibility index (Phi) is 14.5. The molecule has 0 radical (unpaired) electrons. The number of imidazole rings is 2. The van der Waals surface area contributed by atoms with Crippen LogP contribution in [0, 0.1) is 0 Å². The van der Waals surface area contributed by atoms with Crippen LogP contribution in [0.2, 0.25) is 0 Å². The average Bonchev–Trinajstić information content (AvgIpc) is 3.95. The van der Waals surface area contributed by atoms with Gasteiger partial charge in [0.05, 0.1) is 32.9 Å². The standard InChI is InChI=1S/C44H55N8S2/c1-45-26-19-41(20-27-45)8-7-39-11-15-43(16-12-39)47(3)22-5-24-49-29-30-51(36-49)33-34-53-54-38-52-32-31-50(37-52)25-6-23-48(4)44-17-13-40(14-18-44)9-10-42-21-28-46(2)35-42/h7-21,26-32,35-37H,5-6,22-25,33-34,38H2,1-4H3/q+3/p+1/b10-9+. The van der Waals surface area contributed by atoms with E-state index >= 15 is 0 Å². The van der Waals surface area contributed by atoms with E-state index in [1.165, 1.54) is 38.5 Å². The minimum absolute atomic E-state index is 0.954. The van der Waals surface area contributed by atoms with Gasteiger partial charge in [0.25, 0.3) is 0 Å². The van der Waals surface area contributed by atoms with Crippen LogP contribution in [0.1, 0.15) is 29.5 Å². The van der Waals surface area contributed by atoms with E-state index in [1.54, 1.807) is 0 Å². The summed E-state index contributed by atoms with van der Waals surface area (Å²) in [4.78, 5) is 5.99. The molecule has 280 valence electrons. The summed E-state index contributed by atoms with van der Waals surface area (Å²) in [6, 6.07) is 21.9. The number of rotatable bonds is 20. The summed E-state index contributed by atoms with van der Waals surface area (Å²) in [6.07, 6.45) is 34.8. The quantitative estimate of drug-likeness (QED) is 0.0610. The molecule has 54 heavy (non-hydrogen) atoms. The highest BCUT2D eigenvalue weighted by molar-refractivity contribution is 8.76. The highest BCUT2D eigenvalue weighted by atomic mass is 33.1. The highest BCUT2D eigenvalue weighted by Crippen LogP contribution is 2.21. The smallest absolute Gasteiger partial charge is 0.244 e. The Bertz CT molecular complexity index is 2010. The molecule has 1 aliphatic heterocycles. The van der Waals surface area contributed by atoms with Gasteiger partial charge in [0.15, 0.2) is 12.4 Å². The third-order valence-corrected chi connectivity index (χ3v) is 11.8. The molecular weight excluding hydrogens is 705 g/mol. The van der Waals surface area contributed by atoms with E-state index in [9.17, 15) is 0 Å². The predicted octanol–water partition coefficient (Wildman–Crippen LogP) is 5.89. The first-order chi connectivity index (χ1) is 26.4. The van der Waals surface area contributed by atoms with E-state index in [0.717, 1.165) is 57.2 Å². The van der Waals surface area contributed by atoms with Crippen LogP contribution in [0.25, 0.3) is 18.2 Å². The molecule has 2 aromatic carbocycles. The first-order valence-corrected chi connectivity index (χ1v) is 21.4. The third-order valence-electron chi connectivity index (χ3n) is 9.57. The summed E-state index contributed by atoms with van der Waals surface area (Å²) in [5, 5.41) is 0. The van der Waals surface area contributed by atoms with E-state index in [0.29, 0.717) is 0 Å². The van der Waals surface area contributed by atoms with Crippen LogP contribution >= 0.6 is 21.6 Å². The lowest BCUT2D eigenvalue weighted by Crippen LogP contribution is -2.98. The van der Waals surface area contributed by atoms with Crippen molar-refractivity contribution < 1.29 is 18.6 Å². The zero-order valence-electron chi connectivity index (χ0n) is 32.2. The molecule has 0 fully saturated rings. The van der Waals surface area contributed by atoms with Crippen molar-refractivity contribution in [3.8, 4) is 0 Å². The molecule has 0 saturated carbocycles. The largest absolute Gasteiger partial charge is 0.374 e. The number of aryl methyl sites for hydroxylation is 4. The van der Waals surface area contributed by atoms with E-state index in [-0.39, 0.29) is 0 Å². The van der Waals surface area contributed by atoms with Gasteiger partial charge in [-0.15, -0.1) is 0 Å². The number of allylic oxidation sites excluding steroid dienone is 3. The number of nitrogens with zero attached hydrogens (tertiary/aromatic N) is 7. The normalized spacial score (nSPS) is 14.1. The van der Waals surface area contributed by atoms with Crippen molar-refractivity contribution in [1.82, 2.24) is 9.13 Å². The van der Waals surface area contributed by atoms with Gasteiger partial charge in [-0.2, -0.15) is 0 Å². The molecule has 1 unspecified atom stereocenters. The molecule has 6 rings (SSSR count). The topological polar surface area (TPSA) is 32.4 Å². The SMILES string of the molecule is CN(CCCn1cc[n+](CSSCCn2cc[n+](CCCN(C)c3ccc(/C=C/c4cc[n+](C)cc4)cc3)c2)c1)c1ccc(/C=C/C2=C[NH+](C)C=C2)cc1. The average molecular weight is 761 g/mol. The third kappa shape index (κ3) is 12.4. The highest BCUT2D eigenvalue weighted by Gasteiger charge is 2.09. The molecule has 1 aliphatic rings. The van der Waals surface area contributed by atoms with Gasteiger partial charge in [-0.25, -0.2) is 22.8 Å². The molecule has 0 bridgehead atoms. The Morgan fingerprint density at radius 3 is 1.89 bits per heavy atom. The molecule has 5 aromatic rings. The second-order valence-electron chi connectivity index (χ2n) is 14.0. The van der Waals surface area contributed by atoms with Crippen LogP contribution in [0.15, 0.2) is 141 Å². The van der Waals surface area contributed by atoms with Gasteiger partial charge in [-0.3, -0.25) is 4.90 Å². The lowest BCUT2D eigenvalue weighted by molar-refractivity contribution is -0.763. The molecule has 8 nitrogen and oxygen atoms in total. The van der Waals surface area contributed by atoms with E-state index in [2.05, 4.69) is 202 Å². The lowest BCUT2D eigenvalue weighted by atomic mass is 10.1. The fourth-order valence-electron chi connectivity index (χ4n) is 6.27. The van der Waals surface area contributed by atoms with Gasteiger partial charge >= 0.3 is 0 Å². The zero-order valence-corrected chi connectivity index (χ0v) is 33.9. The van der Waals surface area contributed by atoms with Crippen molar-refractivity contribution in [3.63, 3.8) is 0 Å². The van der Waals surface area contributed by atoms with Crippen molar-refractivity contribution in [2.24, 2.45) is 7.05 Å². The Morgan fingerprint density at radius 2 is 1.24 bits per heavy atom. The second kappa shape index (κ2) is 20.1. The predicted molar refractivity (Wildman–Crippen MR) is 228 cm³/mol. The molecule has 0 aliphatic carbocycles. The number of benzene rings is 2. The van der Waals surface area contributed by atoms with E-state index < -0.39 is 0 Å². The number of pyridine rings is 1. The van der Waals surface area contributed by atoms with Crippen LogP contribution in [0.4, 0.5) is 11.4 Å². The molecule has 0 spiro atoms. The molecule has 0 saturated heterocycles. The number of hydrogen-bond acceptors (Lipinski definition) is 4. The van der Waals surface area contributed by atoms with Gasteiger partial charge in [0, 0.05) is 80.9 Å². The van der Waals surface area contributed by atoms with Crippen LogP contribution < -0.4 is 28.4 Å². The van der Waals surface area contributed by atoms with Crippen molar-refractivity contribution in [3.05, 3.63) is 157 Å². The van der Waals surface area contributed by atoms with Crippen LogP contribution in [0.5, 0.6) is 0 Å². The van der Waals surface area contributed by atoms with E-state index in [4.69, 9.17) is 0 Å². The van der Waals surface area contributed by atoms with E-state index in [1.807, 2.05) is 33.2 Å². The Morgan fingerprint density at radius 1 is 0.667 bits per heavy atom. The van der Waals surface area contributed by atoms with Crippen molar-refractivity contribution in [2.75, 3.05) is 49.8 Å². The van der Waals surface area contributed by atoms with Crippen LogP contribution in [-0.4, -0.2) is 49.1 Å². The van der Waals surface area contributed by atoms with Gasteiger partial charge in [-0.05, 0) is 57.8 Å². The summed E-state index contributed by atoms with van der Waals surface area (Å²) in [5.41, 5.74) is 7.40. The van der Waals surface area contributed by atoms with Crippen molar-refractivity contribution in [1.29, 1.82) is 0 Å². The summed E-state index contributed by atoms with van der Waals surface area (Å²) in [7, 11) is 12.4.